The molecule has 3 heteroatoms. The number of rotatable bonds is 3. The molecule has 0 N–H and O–H groups in total. The molecule has 16 heavy (non-hydrogen) atoms. The largest absolute Gasteiger partial charge is 1.00 e. The van der Waals surface area contributed by atoms with Gasteiger partial charge in [0.25, 0.3) is 0 Å². The van der Waals surface area contributed by atoms with E-state index < -0.39 is 0 Å². The topological polar surface area (TPSA) is 20.9 Å². The third-order valence-electron chi connectivity index (χ3n) is 2.20. The second kappa shape index (κ2) is 6.37. The van der Waals surface area contributed by atoms with Crippen LogP contribution in [0.3, 0.4) is 0 Å². The van der Waals surface area contributed by atoms with Crippen LogP contribution in [0.15, 0.2) is 60.9 Å². The zero-order valence-corrected chi connectivity index (χ0v) is 10.9. The van der Waals surface area contributed by atoms with E-state index in [1.54, 1.807) is 0 Å². The lowest BCUT2D eigenvalue weighted by Crippen LogP contribution is -3.00. The summed E-state index contributed by atoms with van der Waals surface area (Å²) in [5.74, 6) is 0.131. The summed E-state index contributed by atoms with van der Waals surface area (Å²) in [7, 11) is 0. The smallest absolute Gasteiger partial charge is 0.227 e. The molecule has 1 aromatic heterocycles. The SMILES string of the molecule is O=C(C[n+]1ccccc1)c1ccccc1.[I-]. The number of hydrogen-bond donors (Lipinski definition) is 0. The van der Waals surface area contributed by atoms with Gasteiger partial charge in [0, 0.05) is 17.7 Å². The number of hydrogen-bond acceptors (Lipinski definition) is 1. The van der Waals surface area contributed by atoms with Crippen LogP contribution in [0.2, 0.25) is 0 Å². The van der Waals surface area contributed by atoms with Crippen LogP contribution in [0.25, 0.3) is 0 Å². The van der Waals surface area contributed by atoms with Crippen molar-refractivity contribution in [3.05, 3.63) is 66.5 Å². The van der Waals surface area contributed by atoms with Gasteiger partial charge < -0.3 is 24.0 Å². The molecule has 0 aliphatic carbocycles. The molecule has 1 aromatic carbocycles. The van der Waals surface area contributed by atoms with Gasteiger partial charge in [-0.15, -0.1) is 0 Å². The summed E-state index contributed by atoms with van der Waals surface area (Å²) in [6.07, 6.45) is 3.78. The number of halogens is 1. The lowest BCUT2D eigenvalue weighted by Gasteiger charge is -1.96. The minimum Gasteiger partial charge on any atom is -1.00 e. The fourth-order valence-electron chi connectivity index (χ4n) is 1.42. The number of ketones is 1. The van der Waals surface area contributed by atoms with Crippen LogP contribution in [0.1, 0.15) is 10.4 Å². The molecule has 2 aromatic rings. The number of pyridine rings is 1. The third kappa shape index (κ3) is 3.41. The van der Waals surface area contributed by atoms with E-state index in [4.69, 9.17) is 0 Å². The van der Waals surface area contributed by atoms with Gasteiger partial charge in [-0.1, -0.05) is 36.4 Å². The molecule has 82 valence electrons. The molecule has 0 saturated carbocycles. The normalized spacial score (nSPS) is 9.25. The van der Waals surface area contributed by atoms with Gasteiger partial charge in [0.15, 0.2) is 12.4 Å². The van der Waals surface area contributed by atoms with Crippen molar-refractivity contribution in [2.45, 2.75) is 6.54 Å². The van der Waals surface area contributed by atoms with E-state index in [9.17, 15) is 4.79 Å². The summed E-state index contributed by atoms with van der Waals surface area (Å²) in [4.78, 5) is 11.8. The Morgan fingerprint density at radius 2 is 1.50 bits per heavy atom. The highest BCUT2D eigenvalue weighted by Crippen LogP contribution is 1.99. The van der Waals surface area contributed by atoms with Crippen molar-refractivity contribution < 1.29 is 33.3 Å². The predicted octanol–water partition coefficient (Wildman–Crippen LogP) is -1.14. The van der Waals surface area contributed by atoms with Crippen LogP contribution in [-0.4, -0.2) is 5.78 Å². The lowest BCUT2D eigenvalue weighted by molar-refractivity contribution is -0.683. The Morgan fingerprint density at radius 1 is 0.938 bits per heavy atom. The quantitative estimate of drug-likeness (QED) is 0.397. The van der Waals surface area contributed by atoms with Crippen LogP contribution in [0.4, 0.5) is 0 Å². The zero-order chi connectivity index (χ0) is 10.5. The van der Waals surface area contributed by atoms with Gasteiger partial charge in [-0.2, -0.15) is 4.57 Å². The molecule has 0 fully saturated rings. The fourth-order valence-corrected chi connectivity index (χ4v) is 1.42. The number of benzene rings is 1. The number of aromatic nitrogens is 1. The highest BCUT2D eigenvalue weighted by Gasteiger charge is 2.10. The third-order valence-corrected chi connectivity index (χ3v) is 2.20. The van der Waals surface area contributed by atoms with E-state index in [0.29, 0.717) is 6.54 Å². The Labute approximate surface area is 112 Å². The monoisotopic (exact) mass is 325 g/mol. The fraction of sp³-hybridized carbons (Fsp3) is 0.0769. The van der Waals surface area contributed by atoms with Gasteiger partial charge in [0.1, 0.15) is 0 Å². The molecule has 0 bridgehead atoms. The molecule has 0 spiro atoms. The van der Waals surface area contributed by atoms with Crippen LogP contribution in [0.5, 0.6) is 0 Å². The van der Waals surface area contributed by atoms with Crippen molar-refractivity contribution in [2.75, 3.05) is 0 Å². The highest BCUT2D eigenvalue weighted by atomic mass is 127. The van der Waals surface area contributed by atoms with Crippen molar-refractivity contribution in [1.29, 1.82) is 0 Å². The van der Waals surface area contributed by atoms with Gasteiger partial charge in [0.2, 0.25) is 12.3 Å². The van der Waals surface area contributed by atoms with Crippen molar-refractivity contribution in [1.82, 2.24) is 0 Å². The Morgan fingerprint density at radius 3 is 2.12 bits per heavy atom. The summed E-state index contributed by atoms with van der Waals surface area (Å²) in [5.41, 5.74) is 0.758. The number of carbonyl (C=O) groups excluding carboxylic acids is 1. The molecular weight excluding hydrogens is 313 g/mol. The van der Waals surface area contributed by atoms with Crippen molar-refractivity contribution >= 4 is 5.78 Å². The van der Waals surface area contributed by atoms with Crippen LogP contribution in [-0.2, 0) is 6.54 Å². The summed E-state index contributed by atoms with van der Waals surface area (Å²) >= 11 is 0. The minimum absolute atomic E-state index is 0. The molecule has 2 nitrogen and oxygen atoms in total. The maximum atomic E-state index is 11.8. The Kier molecular flexibility index (Phi) is 5.11. The van der Waals surface area contributed by atoms with Gasteiger partial charge in [0.05, 0.1) is 0 Å². The summed E-state index contributed by atoms with van der Waals surface area (Å²) < 4.78 is 1.87. The van der Waals surface area contributed by atoms with Crippen LogP contribution >= 0.6 is 0 Å². The average molecular weight is 325 g/mol. The first-order chi connectivity index (χ1) is 7.36. The Hall–Kier alpha value is -1.23. The van der Waals surface area contributed by atoms with Crippen LogP contribution in [0, 0.1) is 0 Å². The average Bonchev–Trinajstić information content (AvgIpc) is 2.31. The maximum Gasteiger partial charge on any atom is 0.227 e. The van der Waals surface area contributed by atoms with E-state index in [2.05, 4.69) is 0 Å². The van der Waals surface area contributed by atoms with Gasteiger partial charge in [-0.05, 0) is 0 Å². The first-order valence-electron chi connectivity index (χ1n) is 4.88. The van der Waals surface area contributed by atoms with E-state index in [-0.39, 0.29) is 29.8 Å². The van der Waals surface area contributed by atoms with Gasteiger partial charge >= 0.3 is 0 Å². The number of Topliss-reactive ketones (excluding diaryl/α,β-unsaturated/α-hetero) is 1. The molecule has 0 amide bonds. The number of nitrogens with zero attached hydrogens (tertiary/aromatic N) is 1. The van der Waals surface area contributed by atoms with E-state index >= 15 is 0 Å². The standard InChI is InChI=1S/C13H12NO.HI/c15-13(12-7-3-1-4-8-12)11-14-9-5-2-6-10-14;/h1-10H,11H2;1H/q+1;/p-1. The molecule has 0 radical (unpaired) electrons. The van der Waals surface area contributed by atoms with E-state index in [1.807, 2.05) is 65.5 Å². The molecule has 0 aliphatic heterocycles. The molecule has 0 saturated heterocycles. The summed E-state index contributed by atoms with van der Waals surface area (Å²) in [5, 5.41) is 0. The van der Waals surface area contributed by atoms with Crippen LogP contribution < -0.4 is 28.5 Å². The highest BCUT2D eigenvalue weighted by molar-refractivity contribution is 5.94. The maximum absolute atomic E-state index is 11.8. The van der Waals surface area contributed by atoms with E-state index in [0.717, 1.165) is 5.56 Å². The molecular formula is C13H12INO. The zero-order valence-electron chi connectivity index (χ0n) is 8.71. The molecule has 0 aliphatic rings. The molecule has 0 unspecified atom stereocenters. The van der Waals surface area contributed by atoms with Crippen molar-refractivity contribution in [2.24, 2.45) is 0 Å². The second-order valence-corrected chi connectivity index (χ2v) is 3.34. The number of carbonyl (C=O) groups is 1. The minimum atomic E-state index is 0. The predicted molar refractivity (Wildman–Crippen MR) is 57.4 cm³/mol. The van der Waals surface area contributed by atoms with Gasteiger partial charge in [-0.25, -0.2) is 0 Å². The van der Waals surface area contributed by atoms with E-state index in [1.165, 1.54) is 0 Å². The Balaban J connectivity index is 0.00000128. The molecule has 0 atom stereocenters. The van der Waals surface area contributed by atoms with Crippen molar-refractivity contribution in [3.63, 3.8) is 0 Å². The first kappa shape index (κ1) is 12.8. The molecule has 1 heterocycles. The van der Waals surface area contributed by atoms with Gasteiger partial charge in [-0.3, -0.25) is 4.79 Å². The molecule has 2 rings (SSSR count). The Bertz CT molecular complexity index is 442. The summed E-state index contributed by atoms with van der Waals surface area (Å²) in [6, 6.07) is 15.1. The second-order valence-electron chi connectivity index (χ2n) is 3.34. The summed E-state index contributed by atoms with van der Waals surface area (Å²) in [6.45, 7) is 0.394. The van der Waals surface area contributed by atoms with Crippen molar-refractivity contribution in [3.8, 4) is 0 Å². The lowest BCUT2D eigenvalue weighted by atomic mass is 10.1. The first-order valence-corrected chi connectivity index (χ1v) is 4.88.